The standard InChI is InChI=1S/C19H18ClNO3S2/c1-12-10-15(20)6-7-16(12)21-17(22)11-24-18(23)13-2-4-14(5-3-13)19-25-8-9-26-19/h2-7,10,19H,8-9,11H2,1H3,(H,21,22). The van der Waals surface area contributed by atoms with Crippen LogP contribution in [0, 0.1) is 6.92 Å². The summed E-state index contributed by atoms with van der Waals surface area (Å²) in [5.74, 6) is 1.41. The van der Waals surface area contributed by atoms with Gasteiger partial charge in [-0.3, -0.25) is 4.79 Å². The van der Waals surface area contributed by atoms with Crippen LogP contribution in [0.5, 0.6) is 0 Å². The van der Waals surface area contributed by atoms with E-state index < -0.39 is 5.97 Å². The van der Waals surface area contributed by atoms with Crippen LogP contribution >= 0.6 is 35.1 Å². The molecule has 1 saturated heterocycles. The van der Waals surface area contributed by atoms with Gasteiger partial charge in [0.15, 0.2) is 6.61 Å². The number of hydrogen-bond donors (Lipinski definition) is 1. The van der Waals surface area contributed by atoms with Crippen molar-refractivity contribution in [1.82, 2.24) is 0 Å². The minimum absolute atomic E-state index is 0.336. The van der Waals surface area contributed by atoms with Crippen molar-refractivity contribution in [3.63, 3.8) is 0 Å². The van der Waals surface area contributed by atoms with Gasteiger partial charge >= 0.3 is 5.97 Å². The Morgan fingerprint density at radius 2 is 1.85 bits per heavy atom. The summed E-state index contributed by atoms with van der Waals surface area (Å²) in [4.78, 5) is 24.1. The monoisotopic (exact) mass is 407 g/mol. The Morgan fingerprint density at radius 3 is 2.50 bits per heavy atom. The molecule has 0 unspecified atom stereocenters. The summed E-state index contributed by atoms with van der Waals surface area (Å²) in [6.07, 6.45) is 0. The second-order valence-electron chi connectivity index (χ2n) is 5.78. The molecule has 2 aromatic rings. The highest BCUT2D eigenvalue weighted by Crippen LogP contribution is 2.45. The Kier molecular flexibility index (Phi) is 6.51. The molecule has 1 fully saturated rings. The first-order valence-electron chi connectivity index (χ1n) is 8.09. The Morgan fingerprint density at radius 1 is 1.15 bits per heavy atom. The van der Waals surface area contributed by atoms with E-state index in [1.54, 1.807) is 30.3 Å². The molecule has 3 rings (SSSR count). The van der Waals surface area contributed by atoms with E-state index in [0.29, 0.717) is 20.9 Å². The summed E-state index contributed by atoms with van der Waals surface area (Å²) < 4.78 is 5.54. The van der Waals surface area contributed by atoms with Gasteiger partial charge in [-0.1, -0.05) is 23.7 Å². The van der Waals surface area contributed by atoms with Crippen molar-refractivity contribution in [1.29, 1.82) is 0 Å². The molecular weight excluding hydrogens is 390 g/mol. The van der Waals surface area contributed by atoms with Gasteiger partial charge in [0.2, 0.25) is 0 Å². The number of thioether (sulfide) groups is 2. The molecule has 136 valence electrons. The fourth-order valence-electron chi connectivity index (χ4n) is 2.50. The number of carbonyl (C=O) groups excluding carboxylic acids is 2. The van der Waals surface area contributed by atoms with E-state index in [1.807, 2.05) is 42.6 Å². The minimum Gasteiger partial charge on any atom is -0.452 e. The number of amides is 1. The predicted octanol–water partition coefficient (Wildman–Crippen LogP) is 4.92. The summed E-state index contributed by atoms with van der Waals surface area (Å²) in [6, 6.07) is 12.6. The molecule has 7 heteroatoms. The molecule has 0 bridgehead atoms. The van der Waals surface area contributed by atoms with Crippen molar-refractivity contribution in [2.45, 2.75) is 11.5 Å². The number of aryl methyl sites for hydroxylation is 1. The van der Waals surface area contributed by atoms with Crippen LogP contribution < -0.4 is 5.32 Å². The van der Waals surface area contributed by atoms with Gasteiger partial charge in [-0.25, -0.2) is 4.79 Å². The quantitative estimate of drug-likeness (QED) is 0.712. The number of nitrogens with one attached hydrogen (secondary N) is 1. The average Bonchev–Trinajstić information content (AvgIpc) is 3.17. The summed E-state index contributed by atoms with van der Waals surface area (Å²) >= 11 is 9.72. The van der Waals surface area contributed by atoms with Gasteiger partial charge in [-0.2, -0.15) is 0 Å². The average molecular weight is 408 g/mol. The van der Waals surface area contributed by atoms with E-state index in [0.717, 1.165) is 17.1 Å². The zero-order valence-electron chi connectivity index (χ0n) is 14.2. The van der Waals surface area contributed by atoms with Crippen LogP contribution in [0.1, 0.15) is 26.1 Å². The maximum atomic E-state index is 12.1. The minimum atomic E-state index is -0.508. The summed E-state index contributed by atoms with van der Waals surface area (Å²) in [6.45, 7) is 1.51. The van der Waals surface area contributed by atoms with E-state index >= 15 is 0 Å². The molecule has 0 saturated carbocycles. The van der Waals surface area contributed by atoms with Crippen molar-refractivity contribution in [3.05, 3.63) is 64.2 Å². The van der Waals surface area contributed by atoms with Crippen molar-refractivity contribution < 1.29 is 14.3 Å². The molecular formula is C19H18ClNO3S2. The molecule has 1 aliphatic heterocycles. The molecule has 4 nitrogen and oxygen atoms in total. The largest absolute Gasteiger partial charge is 0.452 e. The lowest BCUT2D eigenvalue weighted by Crippen LogP contribution is -2.21. The van der Waals surface area contributed by atoms with Gasteiger partial charge in [0.05, 0.1) is 10.1 Å². The van der Waals surface area contributed by atoms with Crippen LogP contribution in [-0.4, -0.2) is 30.0 Å². The van der Waals surface area contributed by atoms with Crippen LogP contribution in [0.2, 0.25) is 5.02 Å². The normalized spacial score (nSPS) is 14.2. The van der Waals surface area contributed by atoms with Gasteiger partial charge in [-0.15, -0.1) is 23.5 Å². The van der Waals surface area contributed by atoms with Crippen LogP contribution in [0.15, 0.2) is 42.5 Å². The third-order valence-corrected chi connectivity index (χ3v) is 7.18. The number of benzene rings is 2. The number of ether oxygens (including phenoxy) is 1. The van der Waals surface area contributed by atoms with E-state index in [9.17, 15) is 9.59 Å². The number of rotatable bonds is 5. The fourth-order valence-corrected chi connectivity index (χ4v) is 5.58. The van der Waals surface area contributed by atoms with Gasteiger partial charge in [-0.05, 0) is 48.4 Å². The molecule has 2 aromatic carbocycles. The predicted molar refractivity (Wildman–Crippen MR) is 109 cm³/mol. The highest BCUT2D eigenvalue weighted by Gasteiger charge is 2.19. The van der Waals surface area contributed by atoms with Crippen molar-refractivity contribution >= 4 is 52.7 Å². The third kappa shape index (κ3) is 4.96. The molecule has 26 heavy (non-hydrogen) atoms. The van der Waals surface area contributed by atoms with Crippen LogP contribution in [0.4, 0.5) is 5.69 Å². The zero-order chi connectivity index (χ0) is 18.5. The number of hydrogen-bond acceptors (Lipinski definition) is 5. The topological polar surface area (TPSA) is 55.4 Å². The Balaban J connectivity index is 1.52. The first kappa shape index (κ1) is 19.1. The molecule has 1 heterocycles. The Labute approximate surface area is 166 Å². The molecule has 0 aliphatic carbocycles. The number of anilines is 1. The summed E-state index contributed by atoms with van der Waals surface area (Å²) in [5.41, 5.74) is 3.13. The lowest BCUT2D eigenvalue weighted by atomic mass is 10.1. The zero-order valence-corrected chi connectivity index (χ0v) is 16.5. The van der Waals surface area contributed by atoms with Crippen LogP contribution in [0.25, 0.3) is 0 Å². The van der Waals surface area contributed by atoms with Crippen LogP contribution in [0.3, 0.4) is 0 Å². The molecule has 0 aromatic heterocycles. The Hall–Kier alpha value is -1.63. The first-order chi connectivity index (χ1) is 12.5. The molecule has 1 aliphatic rings. The van der Waals surface area contributed by atoms with Gasteiger partial charge in [0.1, 0.15) is 0 Å². The molecule has 1 amide bonds. The highest BCUT2D eigenvalue weighted by atomic mass is 35.5. The maximum Gasteiger partial charge on any atom is 0.338 e. The second-order valence-corrected chi connectivity index (χ2v) is 8.94. The van der Waals surface area contributed by atoms with Crippen molar-refractivity contribution in [3.8, 4) is 0 Å². The fraction of sp³-hybridized carbons (Fsp3) is 0.263. The third-order valence-electron chi connectivity index (χ3n) is 3.84. The molecule has 0 radical (unpaired) electrons. The van der Waals surface area contributed by atoms with E-state index in [1.165, 1.54) is 5.56 Å². The van der Waals surface area contributed by atoms with Crippen molar-refractivity contribution in [2.24, 2.45) is 0 Å². The van der Waals surface area contributed by atoms with Gasteiger partial charge in [0, 0.05) is 22.2 Å². The van der Waals surface area contributed by atoms with E-state index in [-0.39, 0.29) is 12.5 Å². The molecule has 0 atom stereocenters. The molecule has 0 spiro atoms. The van der Waals surface area contributed by atoms with Gasteiger partial charge in [0.25, 0.3) is 5.91 Å². The lowest BCUT2D eigenvalue weighted by molar-refractivity contribution is -0.119. The maximum absolute atomic E-state index is 12.1. The van der Waals surface area contributed by atoms with E-state index in [4.69, 9.17) is 16.3 Å². The SMILES string of the molecule is Cc1cc(Cl)ccc1NC(=O)COC(=O)c1ccc(C2SCCS2)cc1. The first-order valence-corrected chi connectivity index (χ1v) is 10.6. The number of esters is 1. The summed E-state index contributed by atoms with van der Waals surface area (Å²) in [7, 11) is 0. The molecule has 1 N–H and O–H groups in total. The lowest BCUT2D eigenvalue weighted by Gasteiger charge is -2.10. The number of carbonyl (C=O) groups is 2. The van der Waals surface area contributed by atoms with Crippen LogP contribution in [-0.2, 0) is 9.53 Å². The van der Waals surface area contributed by atoms with E-state index in [2.05, 4.69) is 5.32 Å². The van der Waals surface area contributed by atoms with Crippen molar-refractivity contribution in [2.75, 3.05) is 23.4 Å². The smallest absolute Gasteiger partial charge is 0.338 e. The summed E-state index contributed by atoms with van der Waals surface area (Å²) in [5, 5.41) is 3.31. The van der Waals surface area contributed by atoms with Gasteiger partial charge < -0.3 is 10.1 Å². The second kappa shape index (κ2) is 8.84. The Bertz CT molecular complexity index is 805. The highest BCUT2D eigenvalue weighted by molar-refractivity contribution is 8.19. The number of halogens is 1.